The van der Waals surface area contributed by atoms with E-state index in [0.717, 1.165) is 10.4 Å². The number of aromatic amines is 1. The molecule has 1 amide bonds. The second kappa shape index (κ2) is 8.08. The van der Waals surface area contributed by atoms with Crippen molar-refractivity contribution < 1.29 is 4.79 Å². The lowest BCUT2D eigenvalue weighted by atomic mass is 10.1. The van der Waals surface area contributed by atoms with E-state index in [9.17, 15) is 9.59 Å². The molecule has 7 nitrogen and oxygen atoms in total. The zero-order valence-corrected chi connectivity index (χ0v) is 17.7. The Hall–Kier alpha value is -3.52. The number of aromatic nitrogens is 4. The van der Waals surface area contributed by atoms with Crippen LogP contribution in [0.15, 0.2) is 52.6 Å². The van der Waals surface area contributed by atoms with Gasteiger partial charge in [-0.25, -0.2) is 4.98 Å². The van der Waals surface area contributed by atoms with Gasteiger partial charge in [0.05, 0.1) is 4.88 Å². The molecule has 0 aliphatic rings. The molecule has 0 atom stereocenters. The number of aryl methyl sites for hydroxylation is 2. The van der Waals surface area contributed by atoms with Crippen LogP contribution >= 0.6 is 11.3 Å². The van der Waals surface area contributed by atoms with E-state index < -0.39 is 0 Å². The van der Waals surface area contributed by atoms with Crippen molar-refractivity contribution in [2.24, 2.45) is 0 Å². The molecule has 4 rings (SSSR count). The van der Waals surface area contributed by atoms with Gasteiger partial charge in [-0.1, -0.05) is 30.7 Å². The van der Waals surface area contributed by atoms with Gasteiger partial charge in [0, 0.05) is 22.9 Å². The van der Waals surface area contributed by atoms with E-state index in [-0.39, 0.29) is 17.4 Å². The summed E-state index contributed by atoms with van der Waals surface area (Å²) in [6, 6.07) is 13.0. The SMILES string of the molecule is CCc1c(C)nc(-n2nc(-c3cccs3)cc2NC(=O)c2cccc(C)c2)[nH]c1=O. The van der Waals surface area contributed by atoms with Crippen molar-refractivity contribution in [3.63, 3.8) is 0 Å². The predicted octanol–water partition coefficient (Wildman–Crippen LogP) is 4.12. The highest BCUT2D eigenvalue weighted by atomic mass is 32.1. The van der Waals surface area contributed by atoms with Crippen LogP contribution in [0.2, 0.25) is 0 Å². The van der Waals surface area contributed by atoms with Gasteiger partial charge >= 0.3 is 0 Å². The minimum Gasteiger partial charge on any atom is -0.306 e. The number of hydrogen-bond acceptors (Lipinski definition) is 5. The molecule has 0 spiro atoms. The number of anilines is 1. The second-order valence-corrected chi connectivity index (χ2v) is 7.88. The van der Waals surface area contributed by atoms with Gasteiger partial charge in [-0.15, -0.1) is 11.3 Å². The average Bonchev–Trinajstić information content (AvgIpc) is 3.37. The maximum absolute atomic E-state index is 12.8. The van der Waals surface area contributed by atoms with Gasteiger partial charge in [-0.3, -0.25) is 14.6 Å². The first-order valence-electron chi connectivity index (χ1n) is 9.58. The quantitative estimate of drug-likeness (QED) is 0.509. The fourth-order valence-electron chi connectivity index (χ4n) is 3.26. The van der Waals surface area contributed by atoms with E-state index in [1.165, 1.54) is 4.68 Å². The van der Waals surface area contributed by atoms with Gasteiger partial charge in [0.2, 0.25) is 5.95 Å². The summed E-state index contributed by atoms with van der Waals surface area (Å²) in [4.78, 5) is 33.6. The lowest BCUT2D eigenvalue weighted by Gasteiger charge is -2.10. The number of H-pyrrole nitrogens is 1. The summed E-state index contributed by atoms with van der Waals surface area (Å²) >= 11 is 1.54. The lowest BCUT2D eigenvalue weighted by Crippen LogP contribution is -2.22. The van der Waals surface area contributed by atoms with Crippen molar-refractivity contribution in [2.45, 2.75) is 27.2 Å². The molecule has 0 unspecified atom stereocenters. The number of hydrogen-bond donors (Lipinski definition) is 2. The number of amides is 1. The van der Waals surface area contributed by atoms with Crippen molar-refractivity contribution in [3.05, 3.63) is 80.6 Å². The van der Waals surface area contributed by atoms with Crippen molar-refractivity contribution in [2.75, 3.05) is 5.32 Å². The highest BCUT2D eigenvalue weighted by Gasteiger charge is 2.18. The Morgan fingerprint density at radius 2 is 2.03 bits per heavy atom. The van der Waals surface area contributed by atoms with Crippen LogP contribution in [0.4, 0.5) is 5.82 Å². The van der Waals surface area contributed by atoms with Gasteiger partial charge < -0.3 is 5.32 Å². The molecule has 30 heavy (non-hydrogen) atoms. The minimum absolute atomic E-state index is 0.205. The second-order valence-electron chi connectivity index (χ2n) is 6.93. The smallest absolute Gasteiger partial charge is 0.256 e. The van der Waals surface area contributed by atoms with Gasteiger partial charge in [-0.05, 0) is 43.8 Å². The summed E-state index contributed by atoms with van der Waals surface area (Å²) in [6.45, 7) is 5.64. The number of nitrogens with one attached hydrogen (secondary N) is 2. The van der Waals surface area contributed by atoms with Crippen LogP contribution < -0.4 is 10.9 Å². The van der Waals surface area contributed by atoms with E-state index in [1.54, 1.807) is 30.4 Å². The van der Waals surface area contributed by atoms with Crippen molar-refractivity contribution in [1.29, 1.82) is 0 Å². The molecule has 4 aromatic rings. The highest BCUT2D eigenvalue weighted by molar-refractivity contribution is 7.13. The first-order valence-corrected chi connectivity index (χ1v) is 10.5. The molecule has 0 bridgehead atoms. The number of benzene rings is 1. The third kappa shape index (κ3) is 3.81. The van der Waals surface area contributed by atoms with E-state index >= 15 is 0 Å². The van der Waals surface area contributed by atoms with E-state index in [4.69, 9.17) is 0 Å². The molecule has 3 aromatic heterocycles. The zero-order valence-electron chi connectivity index (χ0n) is 16.9. The van der Waals surface area contributed by atoms with Crippen LogP contribution in [-0.2, 0) is 6.42 Å². The molecule has 0 radical (unpaired) electrons. The molecule has 152 valence electrons. The van der Waals surface area contributed by atoms with E-state index in [0.29, 0.717) is 34.8 Å². The molecule has 3 heterocycles. The summed E-state index contributed by atoms with van der Waals surface area (Å²) in [5.41, 5.74) is 3.29. The van der Waals surface area contributed by atoms with Crippen molar-refractivity contribution >= 4 is 23.1 Å². The standard InChI is InChI=1S/C22H21N5O2S/c1-4-16-14(3)23-22(25-21(16)29)27-19(12-17(26-27)18-9-6-10-30-18)24-20(28)15-8-5-7-13(2)11-15/h5-12H,4H2,1-3H3,(H,24,28)(H,23,25,29). The summed E-state index contributed by atoms with van der Waals surface area (Å²) in [5, 5.41) is 9.47. The Balaban J connectivity index is 1.80. The molecular weight excluding hydrogens is 398 g/mol. The van der Waals surface area contributed by atoms with Crippen LogP contribution in [0.25, 0.3) is 16.5 Å². The van der Waals surface area contributed by atoms with Gasteiger partial charge in [0.1, 0.15) is 11.5 Å². The number of nitrogens with zero attached hydrogens (tertiary/aromatic N) is 3. The van der Waals surface area contributed by atoms with Crippen molar-refractivity contribution in [3.8, 4) is 16.5 Å². The Morgan fingerprint density at radius 3 is 2.70 bits per heavy atom. The van der Waals surface area contributed by atoms with Gasteiger partial charge in [-0.2, -0.15) is 9.78 Å². The molecule has 0 saturated carbocycles. The van der Waals surface area contributed by atoms with E-state index in [1.807, 2.05) is 49.6 Å². The normalized spacial score (nSPS) is 10.9. The lowest BCUT2D eigenvalue weighted by molar-refractivity contribution is 0.102. The molecule has 0 aliphatic heterocycles. The fourth-order valence-corrected chi connectivity index (χ4v) is 3.94. The minimum atomic E-state index is -0.262. The Morgan fingerprint density at radius 1 is 1.20 bits per heavy atom. The summed E-state index contributed by atoms with van der Waals surface area (Å²) < 4.78 is 1.47. The molecule has 8 heteroatoms. The third-order valence-corrected chi connectivity index (χ3v) is 5.66. The average molecular weight is 420 g/mol. The summed E-state index contributed by atoms with van der Waals surface area (Å²) in [5.74, 6) is 0.426. The molecule has 2 N–H and O–H groups in total. The summed E-state index contributed by atoms with van der Waals surface area (Å²) in [7, 11) is 0. The Kier molecular flexibility index (Phi) is 5.33. The van der Waals surface area contributed by atoms with Crippen molar-refractivity contribution in [1.82, 2.24) is 19.7 Å². The number of carbonyl (C=O) groups is 1. The first-order chi connectivity index (χ1) is 14.5. The van der Waals surface area contributed by atoms with Gasteiger partial charge in [0.15, 0.2) is 0 Å². The number of carbonyl (C=O) groups excluding carboxylic acids is 1. The maximum Gasteiger partial charge on any atom is 0.256 e. The Bertz CT molecular complexity index is 1270. The van der Waals surface area contributed by atoms with Crippen LogP contribution in [0.5, 0.6) is 0 Å². The van der Waals surface area contributed by atoms with E-state index in [2.05, 4.69) is 20.4 Å². The monoisotopic (exact) mass is 419 g/mol. The fraction of sp³-hybridized carbons (Fsp3) is 0.182. The molecule has 1 aromatic carbocycles. The zero-order chi connectivity index (χ0) is 21.3. The topological polar surface area (TPSA) is 92.7 Å². The molecule has 0 saturated heterocycles. The van der Waals surface area contributed by atoms with Crippen LogP contribution in [0, 0.1) is 13.8 Å². The largest absolute Gasteiger partial charge is 0.306 e. The Labute approximate surface area is 177 Å². The van der Waals surface area contributed by atoms with Gasteiger partial charge in [0.25, 0.3) is 11.5 Å². The van der Waals surface area contributed by atoms with Crippen LogP contribution in [-0.4, -0.2) is 25.7 Å². The maximum atomic E-state index is 12.8. The molecule has 0 fully saturated rings. The molecule has 0 aliphatic carbocycles. The number of thiophene rings is 1. The van der Waals surface area contributed by atoms with Crippen LogP contribution in [0.3, 0.4) is 0 Å². The summed E-state index contributed by atoms with van der Waals surface area (Å²) in [6.07, 6.45) is 0.588. The molecular formula is C22H21N5O2S. The predicted molar refractivity (Wildman–Crippen MR) is 119 cm³/mol. The number of rotatable bonds is 5. The van der Waals surface area contributed by atoms with Crippen LogP contribution in [0.1, 0.15) is 34.1 Å². The third-order valence-electron chi connectivity index (χ3n) is 4.77. The first kappa shape index (κ1) is 19.8. The highest BCUT2D eigenvalue weighted by Crippen LogP contribution is 2.27.